The Hall–Kier alpha value is -1.45. The van der Waals surface area contributed by atoms with Gasteiger partial charge in [0.15, 0.2) is 0 Å². The summed E-state index contributed by atoms with van der Waals surface area (Å²) in [5.74, 6) is 0. The van der Waals surface area contributed by atoms with Crippen molar-refractivity contribution in [2.45, 2.75) is 13.0 Å². The lowest BCUT2D eigenvalue weighted by atomic mass is 10.4. The van der Waals surface area contributed by atoms with Gasteiger partial charge in [-0.2, -0.15) is 5.10 Å². The van der Waals surface area contributed by atoms with Gasteiger partial charge in [0.1, 0.15) is 6.29 Å². The van der Waals surface area contributed by atoms with E-state index < -0.39 is 0 Å². The van der Waals surface area contributed by atoms with Gasteiger partial charge in [0, 0.05) is 18.7 Å². The van der Waals surface area contributed by atoms with Crippen molar-refractivity contribution in [1.82, 2.24) is 9.78 Å². The third kappa shape index (κ3) is 2.00. The molecule has 0 unspecified atom stereocenters. The van der Waals surface area contributed by atoms with Crippen LogP contribution in [-0.4, -0.2) is 16.1 Å². The molecule has 11 heavy (non-hydrogen) atoms. The summed E-state index contributed by atoms with van der Waals surface area (Å²) in [7, 11) is 0. The molecule has 0 N–H and O–H groups in total. The smallest absolute Gasteiger partial charge is 0.266 e. The molecule has 1 heterocycles. The normalized spacial score (nSPS) is 9.45. The summed E-state index contributed by atoms with van der Waals surface area (Å²) in [6.07, 6.45) is 2.62. The molecular formula is C7H8N2O2. The second-order valence-electron chi connectivity index (χ2n) is 2.04. The van der Waals surface area contributed by atoms with E-state index in [0.29, 0.717) is 13.0 Å². The Balaban J connectivity index is 2.78. The molecule has 0 saturated heterocycles. The van der Waals surface area contributed by atoms with E-state index in [2.05, 4.69) is 5.10 Å². The topological polar surface area (TPSA) is 52.0 Å². The number of carbonyl (C=O) groups excluding carboxylic acids is 1. The monoisotopic (exact) mass is 152 g/mol. The molecule has 0 aliphatic heterocycles. The maximum absolute atomic E-state index is 10.9. The predicted octanol–water partition coefficient (Wildman–Crippen LogP) is -0.168. The molecule has 0 atom stereocenters. The molecule has 4 heteroatoms. The lowest BCUT2D eigenvalue weighted by molar-refractivity contribution is -0.108. The second-order valence-corrected chi connectivity index (χ2v) is 2.04. The zero-order valence-electron chi connectivity index (χ0n) is 5.93. The van der Waals surface area contributed by atoms with Crippen LogP contribution in [0.1, 0.15) is 6.42 Å². The van der Waals surface area contributed by atoms with Crippen LogP contribution in [0, 0.1) is 0 Å². The molecule has 4 nitrogen and oxygen atoms in total. The Morgan fingerprint density at radius 2 is 2.45 bits per heavy atom. The molecule has 0 fully saturated rings. The minimum absolute atomic E-state index is 0.172. The first-order chi connectivity index (χ1) is 5.34. The van der Waals surface area contributed by atoms with E-state index in [1.54, 1.807) is 6.07 Å². The number of rotatable bonds is 3. The predicted molar refractivity (Wildman–Crippen MR) is 39.2 cm³/mol. The van der Waals surface area contributed by atoms with Crippen LogP contribution in [0.25, 0.3) is 0 Å². The third-order valence-electron chi connectivity index (χ3n) is 1.24. The average Bonchev–Trinajstić information content (AvgIpc) is 2.03. The summed E-state index contributed by atoms with van der Waals surface area (Å²) >= 11 is 0. The fourth-order valence-corrected chi connectivity index (χ4v) is 0.730. The van der Waals surface area contributed by atoms with Crippen molar-refractivity contribution in [1.29, 1.82) is 0 Å². The van der Waals surface area contributed by atoms with Gasteiger partial charge in [-0.15, -0.1) is 0 Å². The van der Waals surface area contributed by atoms with Gasteiger partial charge in [-0.05, 0) is 6.07 Å². The highest BCUT2D eigenvalue weighted by Crippen LogP contribution is 1.78. The van der Waals surface area contributed by atoms with E-state index in [9.17, 15) is 9.59 Å². The molecule has 1 aromatic heterocycles. The van der Waals surface area contributed by atoms with Crippen molar-refractivity contribution in [3.05, 3.63) is 28.7 Å². The quantitative estimate of drug-likeness (QED) is 0.565. The van der Waals surface area contributed by atoms with Gasteiger partial charge in [-0.3, -0.25) is 4.79 Å². The molecule has 0 spiro atoms. The molecule has 0 saturated carbocycles. The van der Waals surface area contributed by atoms with Crippen LogP contribution in [0.15, 0.2) is 23.1 Å². The molecule has 0 bridgehead atoms. The number of aryl methyl sites for hydroxylation is 1. The zero-order chi connectivity index (χ0) is 8.10. The largest absolute Gasteiger partial charge is 0.303 e. The Morgan fingerprint density at radius 1 is 1.64 bits per heavy atom. The standard InChI is InChI=1S/C7H8N2O2/c10-6-2-5-9-7(11)3-1-4-8-9/h1,3-4,6H,2,5H2. The summed E-state index contributed by atoms with van der Waals surface area (Å²) in [5, 5.41) is 3.76. The maximum atomic E-state index is 10.9. The van der Waals surface area contributed by atoms with Crippen molar-refractivity contribution >= 4 is 6.29 Å². The number of carbonyl (C=O) groups is 1. The summed E-state index contributed by atoms with van der Waals surface area (Å²) in [6, 6.07) is 2.98. The number of nitrogens with zero attached hydrogens (tertiary/aromatic N) is 2. The van der Waals surface area contributed by atoms with Crippen LogP contribution < -0.4 is 5.56 Å². The molecule has 0 aliphatic carbocycles. The molecule has 0 aromatic carbocycles. The number of hydrogen-bond acceptors (Lipinski definition) is 3. The molecule has 0 amide bonds. The van der Waals surface area contributed by atoms with Crippen molar-refractivity contribution < 1.29 is 4.79 Å². The molecule has 1 aromatic rings. The van der Waals surface area contributed by atoms with Crippen molar-refractivity contribution in [2.75, 3.05) is 0 Å². The fraction of sp³-hybridized carbons (Fsp3) is 0.286. The van der Waals surface area contributed by atoms with Crippen molar-refractivity contribution in [2.24, 2.45) is 0 Å². The Labute approximate surface area is 63.5 Å². The summed E-state index contributed by atoms with van der Waals surface area (Å²) in [4.78, 5) is 20.9. The molecule has 0 aliphatic rings. The molecule has 1 rings (SSSR count). The Kier molecular flexibility index (Phi) is 2.54. The van der Waals surface area contributed by atoms with E-state index in [-0.39, 0.29) is 5.56 Å². The summed E-state index contributed by atoms with van der Waals surface area (Å²) in [6.45, 7) is 0.364. The highest BCUT2D eigenvalue weighted by molar-refractivity contribution is 5.48. The molecule has 58 valence electrons. The van der Waals surface area contributed by atoms with E-state index >= 15 is 0 Å². The van der Waals surface area contributed by atoms with Crippen LogP contribution in [0.3, 0.4) is 0 Å². The first kappa shape index (κ1) is 7.65. The third-order valence-corrected chi connectivity index (χ3v) is 1.24. The fourth-order valence-electron chi connectivity index (χ4n) is 0.730. The van der Waals surface area contributed by atoms with Gasteiger partial charge in [-0.1, -0.05) is 0 Å². The summed E-state index contributed by atoms with van der Waals surface area (Å²) < 4.78 is 1.26. The lowest BCUT2D eigenvalue weighted by Gasteiger charge is -1.97. The van der Waals surface area contributed by atoms with Gasteiger partial charge in [-0.25, -0.2) is 4.68 Å². The summed E-state index contributed by atoms with van der Waals surface area (Å²) in [5.41, 5.74) is -0.172. The minimum Gasteiger partial charge on any atom is -0.303 e. The maximum Gasteiger partial charge on any atom is 0.266 e. The Morgan fingerprint density at radius 3 is 3.09 bits per heavy atom. The first-order valence-electron chi connectivity index (χ1n) is 3.30. The van der Waals surface area contributed by atoms with Gasteiger partial charge in [0.05, 0.1) is 6.54 Å². The van der Waals surface area contributed by atoms with E-state index in [0.717, 1.165) is 6.29 Å². The Bertz CT molecular complexity index is 292. The molecular weight excluding hydrogens is 144 g/mol. The van der Waals surface area contributed by atoms with Crippen LogP contribution in [0.2, 0.25) is 0 Å². The molecule has 0 radical (unpaired) electrons. The van der Waals surface area contributed by atoms with Gasteiger partial charge < -0.3 is 4.79 Å². The number of hydrogen-bond donors (Lipinski definition) is 0. The number of aldehydes is 1. The van der Waals surface area contributed by atoms with Gasteiger partial charge in [0.25, 0.3) is 5.56 Å². The second kappa shape index (κ2) is 3.65. The van der Waals surface area contributed by atoms with Crippen LogP contribution >= 0.6 is 0 Å². The lowest BCUT2D eigenvalue weighted by Crippen LogP contribution is -2.21. The van der Waals surface area contributed by atoms with Crippen molar-refractivity contribution in [3.8, 4) is 0 Å². The van der Waals surface area contributed by atoms with Crippen LogP contribution in [-0.2, 0) is 11.3 Å². The van der Waals surface area contributed by atoms with Crippen LogP contribution in [0.4, 0.5) is 0 Å². The van der Waals surface area contributed by atoms with E-state index in [4.69, 9.17) is 0 Å². The zero-order valence-corrected chi connectivity index (χ0v) is 5.93. The van der Waals surface area contributed by atoms with Gasteiger partial charge >= 0.3 is 0 Å². The SMILES string of the molecule is O=CCCn1ncccc1=O. The van der Waals surface area contributed by atoms with Gasteiger partial charge in [0.2, 0.25) is 0 Å². The van der Waals surface area contributed by atoms with Crippen molar-refractivity contribution in [3.63, 3.8) is 0 Å². The number of aromatic nitrogens is 2. The first-order valence-corrected chi connectivity index (χ1v) is 3.30. The van der Waals surface area contributed by atoms with Crippen LogP contribution in [0.5, 0.6) is 0 Å². The highest BCUT2D eigenvalue weighted by Gasteiger charge is 1.92. The van der Waals surface area contributed by atoms with E-state index in [1.807, 2.05) is 0 Å². The minimum atomic E-state index is -0.172. The van der Waals surface area contributed by atoms with E-state index in [1.165, 1.54) is 16.9 Å². The average molecular weight is 152 g/mol. The highest BCUT2D eigenvalue weighted by atomic mass is 16.1.